The molecule has 8 heteroatoms. The van der Waals surface area contributed by atoms with Crippen LogP contribution < -0.4 is 5.32 Å². The fourth-order valence-corrected chi connectivity index (χ4v) is 2.41. The molecular weight excluding hydrogens is 314 g/mol. The van der Waals surface area contributed by atoms with Gasteiger partial charge in [-0.05, 0) is 30.0 Å². The molecule has 1 aromatic carbocycles. The molecule has 0 unspecified atom stereocenters. The Morgan fingerprint density at radius 3 is 2.70 bits per heavy atom. The number of aromatic nitrogens is 4. The van der Waals surface area contributed by atoms with Gasteiger partial charge in [-0.3, -0.25) is 14.8 Å². The molecule has 2 aromatic heterocycles. The van der Waals surface area contributed by atoms with Crippen LogP contribution in [0.25, 0.3) is 11.6 Å². The minimum atomic E-state index is -0.210. The van der Waals surface area contributed by atoms with Crippen molar-refractivity contribution in [2.24, 2.45) is 7.05 Å². The highest BCUT2D eigenvalue weighted by Gasteiger charge is 2.13. The van der Waals surface area contributed by atoms with E-state index in [0.717, 1.165) is 10.5 Å². The maximum absolute atomic E-state index is 12.0. The van der Waals surface area contributed by atoms with E-state index in [9.17, 15) is 4.79 Å². The van der Waals surface area contributed by atoms with Crippen LogP contribution in [0.2, 0.25) is 0 Å². The molecule has 0 radical (unpaired) electrons. The maximum Gasteiger partial charge on any atom is 0.322 e. The molecule has 7 nitrogen and oxygen atoms in total. The molecule has 0 saturated carbocycles. The Hall–Kier alpha value is -2.61. The monoisotopic (exact) mass is 329 g/mol. The molecule has 0 fully saturated rings. The average molecular weight is 329 g/mol. The van der Waals surface area contributed by atoms with Crippen molar-refractivity contribution in [1.82, 2.24) is 20.0 Å². The first kappa shape index (κ1) is 15.3. The second-order valence-corrected chi connectivity index (χ2v) is 5.74. The number of nitrogens with one attached hydrogen (secondary N) is 1. The molecule has 3 aromatic rings. The van der Waals surface area contributed by atoms with Crippen LogP contribution in [0, 0.1) is 0 Å². The van der Waals surface area contributed by atoms with Crippen molar-refractivity contribution in [2.45, 2.75) is 11.3 Å². The third-order valence-electron chi connectivity index (χ3n) is 3.13. The van der Waals surface area contributed by atoms with Crippen molar-refractivity contribution in [3.05, 3.63) is 42.1 Å². The van der Waals surface area contributed by atoms with Crippen molar-refractivity contribution in [3.63, 3.8) is 0 Å². The van der Waals surface area contributed by atoms with Gasteiger partial charge in [-0.1, -0.05) is 17.2 Å². The van der Waals surface area contributed by atoms with E-state index >= 15 is 0 Å². The van der Waals surface area contributed by atoms with E-state index in [1.165, 1.54) is 0 Å². The Labute approximate surface area is 137 Å². The number of nitrogens with zero attached hydrogens (tertiary/aromatic N) is 4. The molecule has 0 atom stereocenters. The summed E-state index contributed by atoms with van der Waals surface area (Å²) in [5.74, 6) is 0.0587. The quantitative estimate of drug-likeness (QED) is 0.723. The Kier molecular flexibility index (Phi) is 4.42. The van der Waals surface area contributed by atoms with Crippen molar-refractivity contribution < 1.29 is 9.21 Å². The normalized spacial score (nSPS) is 10.7. The van der Waals surface area contributed by atoms with Crippen LogP contribution in [0.3, 0.4) is 0 Å². The number of amides is 1. The summed E-state index contributed by atoms with van der Waals surface area (Å²) < 4.78 is 7.03. The number of anilines is 1. The van der Waals surface area contributed by atoms with Gasteiger partial charge in [0.15, 0.2) is 0 Å². The second kappa shape index (κ2) is 6.66. The average Bonchev–Trinajstić information content (AvgIpc) is 3.17. The Morgan fingerprint density at radius 1 is 1.26 bits per heavy atom. The summed E-state index contributed by atoms with van der Waals surface area (Å²) in [7, 11) is 1.80. The van der Waals surface area contributed by atoms with E-state index in [2.05, 4.69) is 20.6 Å². The SMILES string of the molecule is CSc1ccc(CC(=O)Nc2nnc(-c3ccn(C)n3)o2)cc1. The molecule has 1 N–H and O–H groups in total. The number of benzene rings is 1. The third kappa shape index (κ3) is 3.78. The Bertz CT molecular complexity index is 809. The highest BCUT2D eigenvalue weighted by Crippen LogP contribution is 2.18. The van der Waals surface area contributed by atoms with Crippen LogP contribution in [-0.4, -0.2) is 32.1 Å². The van der Waals surface area contributed by atoms with Gasteiger partial charge in [-0.25, -0.2) is 0 Å². The zero-order valence-electron chi connectivity index (χ0n) is 12.7. The van der Waals surface area contributed by atoms with Gasteiger partial charge in [0.1, 0.15) is 5.69 Å². The minimum Gasteiger partial charge on any atom is -0.401 e. The van der Waals surface area contributed by atoms with Crippen LogP contribution in [0.5, 0.6) is 0 Å². The molecule has 0 bridgehead atoms. The number of hydrogen-bond donors (Lipinski definition) is 1. The van der Waals surface area contributed by atoms with E-state index in [1.807, 2.05) is 30.5 Å². The Morgan fingerprint density at radius 2 is 2.04 bits per heavy atom. The largest absolute Gasteiger partial charge is 0.401 e. The number of aryl methyl sites for hydroxylation is 1. The predicted octanol–water partition coefficient (Wildman–Crippen LogP) is 2.37. The van der Waals surface area contributed by atoms with Gasteiger partial charge in [0.05, 0.1) is 6.42 Å². The summed E-state index contributed by atoms with van der Waals surface area (Å²) in [5, 5.41) is 14.4. The number of thioether (sulfide) groups is 1. The topological polar surface area (TPSA) is 85.8 Å². The van der Waals surface area contributed by atoms with Gasteiger partial charge in [-0.15, -0.1) is 16.9 Å². The molecule has 0 aliphatic carbocycles. The van der Waals surface area contributed by atoms with Crippen molar-refractivity contribution in [3.8, 4) is 11.6 Å². The van der Waals surface area contributed by atoms with Gasteiger partial charge >= 0.3 is 6.01 Å². The molecule has 0 aliphatic heterocycles. The molecule has 3 rings (SSSR count). The lowest BCUT2D eigenvalue weighted by molar-refractivity contribution is -0.115. The smallest absolute Gasteiger partial charge is 0.322 e. The summed E-state index contributed by atoms with van der Waals surface area (Å²) >= 11 is 1.66. The minimum absolute atomic E-state index is 0.0661. The summed E-state index contributed by atoms with van der Waals surface area (Å²) in [6.07, 6.45) is 4.03. The first-order valence-corrected chi connectivity index (χ1v) is 8.13. The van der Waals surface area contributed by atoms with E-state index in [-0.39, 0.29) is 24.2 Å². The lowest BCUT2D eigenvalue weighted by atomic mass is 10.1. The zero-order valence-corrected chi connectivity index (χ0v) is 13.5. The van der Waals surface area contributed by atoms with Crippen molar-refractivity contribution in [1.29, 1.82) is 0 Å². The lowest BCUT2D eigenvalue weighted by Gasteiger charge is -2.02. The summed E-state index contributed by atoms with van der Waals surface area (Å²) in [6.45, 7) is 0. The molecule has 0 saturated heterocycles. The Balaban J connectivity index is 1.62. The number of rotatable bonds is 5. The first-order chi connectivity index (χ1) is 11.1. The zero-order chi connectivity index (χ0) is 16.2. The molecule has 2 heterocycles. The molecule has 118 valence electrons. The van der Waals surface area contributed by atoms with Gasteiger partial charge < -0.3 is 4.42 Å². The highest BCUT2D eigenvalue weighted by atomic mass is 32.2. The van der Waals surface area contributed by atoms with Gasteiger partial charge in [0.25, 0.3) is 5.89 Å². The number of carbonyl (C=O) groups is 1. The van der Waals surface area contributed by atoms with E-state index in [4.69, 9.17) is 4.42 Å². The molecular formula is C15H15N5O2S. The molecule has 23 heavy (non-hydrogen) atoms. The van der Waals surface area contributed by atoms with E-state index < -0.39 is 0 Å². The third-order valence-corrected chi connectivity index (χ3v) is 3.87. The van der Waals surface area contributed by atoms with Crippen LogP contribution in [-0.2, 0) is 18.3 Å². The van der Waals surface area contributed by atoms with E-state index in [1.54, 1.807) is 35.8 Å². The van der Waals surface area contributed by atoms with Crippen LogP contribution in [0.4, 0.5) is 6.01 Å². The van der Waals surface area contributed by atoms with Crippen molar-refractivity contribution >= 4 is 23.7 Å². The van der Waals surface area contributed by atoms with Gasteiger partial charge in [0.2, 0.25) is 5.91 Å². The van der Waals surface area contributed by atoms with Crippen molar-refractivity contribution in [2.75, 3.05) is 11.6 Å². The first-order valence-electron chi connectivity index (χ1n) is 6.90. The fourth-order valence-electron chi connectivity index (χ4n) is 2.00. The standard InChI is InChI=1S/C15H15N5O2S/c1-20-8-7-12(19-20)14-17-18-15(22-14)16-13(21)9-10-3-5-11(23-2)6-4-10/h3-8H,9H2,1-2H3,(H,16,18,21). The summed E-state index contributed by atoms with van der Waals surface area (Å²) in [4.78, 5) is 13.2. The lowest BCUT2D eigenvalue weighted by Crippen LogP contribution is -2.14. The summed E-state index contributed by atoms with van der Waals surface area (Å²) in [6, 6.07) is 9.65. The van der Waals surface area contributed by atoms with Crippen LogP contribution >= 0.6 is 11.8 Å². The summed E-state index contributed by atoms with van der Waals surface area (Å²) in [5.41, 5.74) is 1.48. The molecule has 1 amide bonds. The number of hydrogen-bond acceptors (Lipinski definition) is 6. The van der Waals surface area contributed by atoms with Gasteiger partial charge in [0, 0.05) is 18.1 Å². The second-order valence-electron chi connectivity index (χ2n) is 4.86. The van der Waals surface area contributed by atoms with E-state index in [0.29, 0.717) is 5.69 Å². The van der Waals surface area contributed by atoms with Crippen LogP contribution in [0.15, 0.2) is 45.8 Å². The fraction of sp³-hybridized carbons (Fsp3) is 0.200. The molecule has 0 spiro atoms. The van der Waals surface area contributed by atoms with Gasteiger partial charge in [-0.2, -0.15) is 5.10 Å². The predicted molar refractivity (Wildman–Crippen MR) is 87.1 cm³/mol. The highest BCUT2D eigenvalue weighted by molar-refractivity contribution is 7.98. The maximum atomic E-state index is 12.0. The molecule has 0 aliphatic rings. The van der Waals surface area contributed by atoms with Crippen LogP contribution in [0.1, 0.15) is 5.56 Å². The number of carbonyl (C=O) groups excluding carboxylic acids is 1.